The predicted octanol–water partition coefficient (Wildman–Crippen LogP) is 3.92. The van der Waals surface area contributed by atoms with Gasteiger partial charge in [-0.25, -0.2) is 0 Å². The molecular formula is C13H26O. The number of hydrogen-bond donors (Lipinski definition) is 0. The maximum Gasteiger partial charge on any atom is 0.137 e. The van der Waals surface area contributed by atoms with Crippen molar-refractivity contribution in [2.24, 2.45) is 23.2 Å². The highest BCUT2D eigenvalue weighted by atomic mass is 16.1. The summed E-state index contributed by atoms with van der Waals surface area (Å²) in [4.78, 5) is 12.0. The standard InChI is InChI=1S/C13H26O/c1-9(2)12(10(3)4)11(14)8-13(5,6)7/h9-10,12H,8H2,1-7H3. The monoisotopic (exact) mass is 198 g/mol. The van der Waals surface area contributed by atoms with Crippen molar-refractivity contribution in [1.29, 1.82) is 0 Å². The minimum atomic E-state index is 0.124. The van der Waals surface area contributed by atoms with E-state index in [1.54, 1.807) is 0 Å². The summed E-state index contributed by atoms with van der Waals surface area (Å²) in [7, 11) is 0. The van der Waals surface area contributed by atoms with Gasteiger partial charge in [0, 0.05) is 12.3 Å². The summed E-state index contributed by atoms with van der Waals surface area (Å²) in [5.41, 5.74) is 0.124. The molecule has 0 aromatic heterocycles. The van der Waals surface area contributed by atoms with Crippen molar-refractivity contribution in [3.8, 4) is 0 Å². The van der Waals surface area contributed by atoms with Crippen LogP contribution in [0.2, 0.25) is 0 Å². The molecule has 0 N–H and O–H groups in total. The topological polar surface area (TPSA) is 17.1 Å². The van der Waals surface area contributed by atoms with Crippen molar-refractivity contribution in [3.63, 3.8) is 0 Å². The van der Waals surface area contributed by atoms with Crippen LogP contribution in [0.3, 0.4) is 0 Å². The number of hydrogen-bond acceptors (Lipinski definition) is 1. The molecule has 0 aliphatic rings. The maximum atomic E-state index is 12.0. The third-order valence-electron chi connectivity index (χ3n) is 2.51. The number of carbonyl (C=O) groups is 1. The van der Waals surface area contributed by atoms with Gasteiger partial charge in [-0.05, 0) is 17.3 Å². The summed E-state index contributed by atoms with van der Waals surface area (Å²) in [5.74, 6) is 1.59. The first-order valence-corrected chi connectivity index (χ1v) is 5.68. The van der Waals surface area contributed by atoms with Crippen molar-refractivity contribution in [2.75, 3.05) is 0 Å². The van der Waals surface area contributed by atoms with Crippen molar-refractivity contribution < 1.29 is 4.79 Å². The molecule has 0 spiro atoms. The molecule has 0 saturated carbocycles. The first-order valence-electron chi connectivity index (χ1n) is 5.68. The van der Waals surface area contributed by atoms with Crippen LogP contribution in [0.25, 0.3) is 0 Å². The lowest BCUT2D eigenvalue weighted by Gasteiger charge is -2.27. The highest BCUT2D eigenvalue weighted by Gasteiger charge is 2.28. The van der Waals surface area contributed by atoms with Gasteiger partial charge < -0.3 is 0 Å². The highest BCUT2D eigenvalue weighted by Crippen LogP contribution is 2.28. The molecule has 0 aliphatic carbocycles. The third kappa shape index (κ3) is 4.78. The predicted molar refractivity (Wildman–Crippen MR) is 62.2 cm³/mol. The quantitative estimate of drug-likeness (QED) is 0.669. The summed E-state index contributed by atoms with van der Waals surface area (Å²) < 4.78 is 0. The van der Waals surface area contributed by atoms with E-state index < -0.39 is 0 Å². The second kappa shape index (κ2) is 4.95. The Morgan fingerprint density at radius 3 is 1.57 bits per heavy atom. The van der Waals surface area contributed by atoms with E-state index in [9.17, 15) is 4.79 Å². The van der Waals surface area contributed by atoms with E-state index in [1.165, 1.54) is 0 Å². The molecule has 84 valence electrons. The Kier molecular flexibility index (Phi) is 4.83. The van der Waals surface area contributed by atoms with Gasteiger partial charge in [-0.1, -0.05) is 48.5 Å². The van der Waals surface area contributed by atoms with Crippen molar-refractivity contribution in [2.45, 2.75) is 54.9 Å². The maximum absolute atomic E-state index is 12.0. The fourth-order valence-corrected chi connectivity index (χ4v) is 2.15. The number of carbonyl (C=O) groups excluding carboxylic acids is 1. The lowest BCUT2D eigenvalue weighted by atomic mass is 9.77. The van der Waals surface area contributed by atoms with Crippen LogP contribution < -0.4 is 0 Å². The van der Waals surface area contributed by atoms with Gasteiger partial charge in [0.05, 0.1) is 0 Å². The van der Waals surface area contributed by atoms with Crippen LogP contribution >= 0.6 is 0 Å². The van der Waals surface area contributed by atoms with Gasteiger partial charge in [0.15, 0.2) is 0 Å². The zero-order chi connectivity index (χ0) is 11.5. The van der Waals surface area contributed by atoms with Crippen LogP contribution in [-0.2, 0) is 4.79 Å². The smallest absolute Gasteiger partial charge is 0.137 e. The highest BCUT2D eigenvalue weighted by molar-refractivity contribution is 5.82. The Morgan fingerprint density at radius 1 is 1.00 bits per heavy atom. The third-order valence-corrected chi connectivity index (χ3v) is 2.51. The van der Waals surface area contributed by atoms with Gasteiger partial charge in [0.1, 0.15) is 5.78 Å². The molecule has 0 saturated heterocycles. The first kappa shape index (κ1) is 13.7. The van der Waals surface area contributed by atoms with E-state index in [-0.39, 0.29) is 11.3 Å². The van der Waals surface area contributed by atoms with E-state index in [1.807, 2.05) is 0 Å². The molecule has 1 nitrogen and oxygen atoms in total. The minimum Gasteiger partial charge on any atom is -0.299 e. The van der Waals surface area contributed by atoms with Gasteiger partial charge in [-0.2, -0.15) is 0 Å². The van der Waals surface area contributed by atoms with Crippen LogP contribution in [0.5, 0.6) is 0 Å². The Bertz CT molecular complexity index is 176. The van der Waals surface area contributed by atoms with Crippen LogP contribution in [-0.4, -0.2) is 5.78 Å². The molecule has 0 atom stereocenters. The summed E-state index contributed by atoms with van der Waals surface area (Å²) in [6.07, 6.45) is 0.702. The van der Waals surface area contributed by atoms with E-state index in [2.05, 4.69) is 48.5 Å². The van der Waals surface area contributed by atoms with Crippen LogP contribution in [0.15, 0.2) is 0 Å². The molecule has 0 heterocycles. The lowest BCUT2D eigenvalue weighted by molar-refractivity contribution is -0.127. The Labute approximate surface area is 89.3 Å². The van der Waals surface area contributed by atoms with Gasteiger partial charge in [0.2, 0.25) is 0 Å². The minimum absolute atomic E-state index is 0.124. The Morgan fingerprint density at radius 2 is 1.36 bits per heavy atom. The molecule has 0 unspecified atom stereocenters. The molecule has 0 aromatic carbocycles. The van der Waals surface area contributed by atoms with Gasteiger partial charge in [0.25, 0.3) is 0 Å². The summed E-state index contributed by atoms with van der Waals surface area (Å²) in [5, 5.41) is 0. The molecular weight excluding hydrogens is 172 g/mol. The lowest BCUT2D eigenvalue weighted by Crippen LogP contribution is -2.28. The first-order chi connectivity index (χ1) is 6.15. The molecule has 0 aliphatic heterocycles. The fraction of sp³-hybridized carbons (Fsp3) is 0.923. The van der Waals surface area contributed by atoms with Crippen molar-refractivity contribution in [3.05, 3.63) is 0 Å². The van der Waals surface area contributed by atoms with E-state index in [0.29, 0.717) is 24.0 Å². The molecule has 0 amide bonds. The molecule has 1 heteroatoms. The summed E-state index contributed by atoms with van der Waals surface area (Å²) >= 11 is 0. The Hall–Kier alpha value is -0.330. The van der Waals surface area contributed by atoms with Crippen LogP contribution in [0.4, 0.5) is 0 Å². The van der Waals surface area contributed by atoms with E-state index in [0.717, 1.165) is 0 Å². The zero-order valence-electron chi connectivity index (χ0n) is 10.8. The van der Waals surface area contributed by atoms with Crippen LogP contribution in [0, 0.1) is 23.2 Å². The molecule has 0 fully saturated rings. The normalized spacial score (nSPS) is 13.0. The number of rotatable bonds is 4. The largest absolute Gasteiger partial charge is 0.299 e. The van der Waals surface area contributed by atoms with Crippen LogP contribution in [0.1, 0.15) is 54.9 Å². The summed E-state index contributed by atoms with van der Waals surface area (Å²) in [6.45, 7) is 15.0. The average Bonchev–Trinajstić information content (AvgIpc) is 1.78. The van der Waals surface area contributed by atoms with Gasteiger partial charge >= 0.3 is 0 Å². The average molecular weight is 198 g/mol. The zero-order valence-corrected chi connectivity index (χ0v) is 10.8. The summed E-state index contributed by atoms with van der Waals surface area (Å²) in [6, 6.07) is 0. The molecule has 0 bridgehead atoms. The second-order valence-electron chi connectivity index (χ2n) is 6.22. The number of Topliss-reactive ketones (excluding diaryl/α,β-unsaturated/α-hetero) is 1. The second-order valence-corrected chi connectivity index (χ2v) is 6.22. The van der Waals surface area contributed by atoms with Crippen molar-refractivity contribution >= 4 is 5.78 Å². The molecule has 0 rings (SSSR count). The van der Waals surface area contributed by atoms with Gasteiger partial charge in [-0.15, -0.1) is 0 Å². The van der Waals surface area contributed by atoms with E-state index in [4.69, 9.17) is 0 Å². The Balaban J connectivity index is 4.47. The number of ketones is 1. The molecule has 0 radical (unpaired) electrons. The van der Waals surface area contributed by atoms with Gasteiger partial charge in [-0.3, -0.25) is 4.79 Å². The fourth-order valence-electron chi connectivity index (χ4n) is 2.15. The SMILES string of the molecule is CC(C)C(C(=O)CC(C)(C)C)C(C)C. The van der Waals surface area contributed by atoms with E-state index >= 15 is 0 Å². The van der Waals surface area contributed by atoms with Crippen molar-refractivity contribution in [1.82, 2.24) is 0 Å². The molecule has 14 heavy (non-hydrogen) atoms. The molecule has 0 aromatic rings.